The van der Waals surface area contributed by atoms with E-state index in [0.717, 1.165) is 16.6 Å². The molecule has 1 aromatic carbocycles. The zero-order chi connectivity index (χ0) is 20.5. The molecule has 1 atom stereocenters. The lowest BCUT2D eigenvalue weighted by molar-refractivity contribution is -0.0336. The van der Waals surface area contributed by atoms with Crippen LogP contribution in [0, 0.1) is 6.92 Å². The Morgan fingerprint density at radius 3 is 2.90 bits per heavy atom. The van der Waals surface area contributed by atoms with Crippen LogP contribution in [-0.2, 0) is 16.0 Å². The van der Waals surface area contributed by atoms with Gasteiger partial charge in [-0.3, -0.25) is 9.69 Å². The summed E-state index contributed by atoms with van der Waals surface area (Å²) in [5, 5.41) is 0.453. The molecule has 7 nitrogen and oxygen atoms in total. The molecule has 2 aromatic heterocycles. The van der Waals surface area contributed by atoms with Crippen LogP contribution < -0.4 is 5.56 Å². The first kappa shape index (κ1) is 20.2. The number of carbonyl (C=O) groups is 1. The first-order valence-electron chi connectivity index (χ1n) is 9.16. The van der Waals surface area contributed by atoms with E-state index in [-0.39, 0.29) is 11.7 Å². The van der Waals surface area contributed by atoms with Gasteiger partial charge in [-0.1, -0.05) is 28.1 Å². The van der Waals surface area contributed by atoms with Crippen LogP contribution in [0.3, 0.4) is 0 Å². The minimum atomic E-state index is -0.447. The first-order valence-corrected chi connectivity index (χ1v) is 10.8. The fourth-order valence-electron chi connectivity index (χ4n) is 3.49. The number of thiophene rings is 1. The van der Waals surface area contributed by atoms with Gasteiger partial charge in [0.2, 0.25) is 0 Å². The summed E-state index contributed by atoms with van der Waals surface area (Å²) in [6.07, 6.45) is -0.0257. The van der Waals surface area contributed by atoms with E-state index < -0.39 is 5.97 Å². The average molecular weight is 478 g/mol. The van der Waals surface area contributed by atoms with Gasteiger partial charge in [0, 0.05) is 17.6 Å². The van der Waals surface area contributed by atoms with E-state index in [2.05, 4.69) is 30.8 Å². The van der Waals surface area contributed by atoms with Crippen LogP contribution >= 0.6 is 27.3 Å². The van der Waals surface area contributed by atoms with Gasteiger partial charge in [0.25, 0.3) is 5.56 Å². The highest BCUT2D eigenvalue weighted by molar-refractivity contribution is 9.10. The Morgan fingerprint density at radius 2 is 2.17 bits per heavy atom. The maximum atomic E-state index is 12.6. The van der Waals surface area contributed by atoms with Gasteiger partial charge in [-0.15, -0.1) is 11.3 Å². The highest BCUT2D eigenvalue weighted by Crippen LogP contribution is 2.28. The van der Waals surface area contributed by atoms with E-state index in [1.165, 1.54) is 18.4 Å². The molecule has 1 fully saturated rings. The third kappa shape index (κ3) is 4.13. The second-order valence-corrected chi connectivity index (χ2v) is 8.80. The molecule has 3 heterocycles. The van der Waals surface area contributed by atoms with Gasteiger partial charge in [0.1, 0.15) is 15.5 Å². The van der Waals surface area contributed by atoms with Crippen molar-refractivity contribution in [3.63, 3.8) is 0 Å². The van der Waals surface area contributed by atoms with Crippen molar-refractivity contribution >= 4 is 43.5 Å². The molecular formula is C20H20BrN3O4S. The summed E-state index contributed by atoms with van der Waals surface area (Å²) in [5.41, 5.74) is 1.50. The number of carbonyl (C=O) groups excluding carboxylic acids is 1. The van der Waals surface area contributed by atoms with Gasteiger partial charge in [0.05, 0.1) is 31.8 Å². The topological polar surface area (TPSA) is 84.5 Å². The molecule has 0 aliphatic carbocycles. The quantitative estimate of drug-likeness (QED) is 0.579. The van der Waals surface area contributed by atoms with Crippen LogP contribution in [0.25, 0.3) is 10.2 Å². The van der Waals surface area contributed by atoms with Crippen molar-refractivity contribution in [2.75, 3.05) is 26.8 Å². The van der Waals surface area contributed by atoms with Crippen molar-refractivity contribution in [3.8, 4) is 0 Å². The SMILES string of the molecule is COC(=O)c1sc2nc(CN3CCOC(c4ccc(Br)cc4)C3)[nH]c(=O)c2c1C. The maximum Gasteiger partial charge on any atom is 0.348 e. The Hall–Kier alpha value is -2.07. The van der Waals surface area contributed by atoms with Gasteiger partial charge in [-0.05, 0) is 30.2 Å². The van der Waals surface area contributed by atoms with Crippen LogP contribution in [0.4, 0.5) is 0 Å². The van der Waals surface area contributed by atoms with Crippen molar-refractivity contribution < 1.29 is 14.3 Å². The van der Waals surface area contributed by atoms with Crippen molar-refractivity contribution in [1.82, 2.24) is 14.9 Å². The Bertz CT molecular complexity index is 1110. The number of hydrogen-bond donors (Lipinski definition) is 1. The summed E-state index contributed by atoms with van der Waals surface area (Å²) in [4.78, 5) is 35.2. The molecule has 3 aromatic rings. The molecule has 4 rings (SSSR count). The third-order valence-electron chi connectivity index (χ3n) is 4.99. The molecule has 29 heavy (non-hydrogen) atoms. The fraction of sp³-hybridized carbons (Fsp3) is 0.350. The Labute approximate surface area is 179 Å². The first-order chi connectivity index (χ1) is 14.0. The lowest BCUT2D eigenvalue weighted by atomic mass is 10.1. The lowest BCUT2D eigenvalue weighted by Crippen LogP contribution is -2.38. The molecule has 0 amide bonds. The van der Waals surface area contributed by atoms with Gasteiger partial charge >= 0.3 is 5.97 Å². The maximum absolute atomic E-state index is 12.6. The number of methoxy groups -OCH3 is 1. The predicted molar refractivity (Wildman–Crippen MR) is 114 cm³/mol. The van der Waals surface area contributed by atoms with E-state index in [9.17, 15) is 9.59 Å². The van der Waals surface area contributed by atoms with E-state index in [0.29, 0.717) is 46.2 Å². The van der Waals surface area contributed by atoms with Crippen LogP contribution in [-0.4, -0.2) is 47.6 Å². The van der Waals surface area contributed by atoms with E-state index in [4.69, 9.17) is 9.47 Å². The summed E-state index contributed by atoms with van der Waals surface area (Å²) in [6, 6.07) is 8.10. The van der Waals surface area contributed by atoms with Crippen molar-refractivity contribution in [2.45, 2.75) is 19.6 Å². The van der Waals surface area contributed by atoms with Gasteiger partial charge in [0.15, 0.2) is 0 Å². The summed E-state index contributed by atoms with van der Waals surface area (Å²) >= 11 is 4.64. The smallest absolute Gasteiger partial charge is 0.348 e. The Balaban J connectivity index is 1.56. The number of nitrogens with zero attached hydrogens (tertiary/aromatic N) is 2. The zero-order valence-electron chi connectivity index (χ0n) is 16.0. The van der Waals surface area contributed by atoms with Crippen molar-refractivity contribution in [1.29, 1.82) is 0 Å². The average Bonchev–Trinajstić information content (AvgIpc) is 3.05. The number of hydrogen-bond acceptors (Lipinski definition) is 7. The van der Waals surface area contributed by atoms with E-state index in [1.54, 1.807) is 6.92 Å². The number of nitrogens with one attached hydrogen (secondary N) is 1. The molecule has 1 N–H and O–H groups in total. The molecule has 1 saturated heterocycles. The van der Waals surface area contributed by atoms with Crippen LogP contribution in [0.2, 0.25) is 0 Å². The normalized spacial score (nSPS) is 17.6. The van der Waals surface area contributed by atoms with Crippen LogP contribution in [0.5, 0.6) is 0 Å². The summed E-state index contributed by atoms with van der Waals surface area (Å²) in [6.45, 7) is 4.32. The molecule has 1 unspecified atom stereocenters. The monoisotopic (exact) mass is 477 g/mol. The molecule has 0 spiro atoms. The number of esters is 1. The predicted octanol–water partition coefficient (Wildman–Crippen LogP) is 3.42. The number of aromatic nitrogens is 2. The lowest BCUT2D eigenvalue weighted by Gasteiger charge is -2.32. The number of morpholine rings is 1. The minimum Gasteiger partial charge on any atom is -0.465 e. The molecule has 1 aliphatic rings. The highest BCUT2D eigenvalue weighted by atomic mass is 79.9. The molecule has 0 bridgehead atoms. The number of aromatic amines is 1. The number of ether oxygens (including phenoxy) is 2. The largest absolute Gasteiger partial charge is 0.465 e. The molecule has 9 heteroatoms. The Morgan fingerprint density at radius 1 is 1.41 bits per heavy atom. The van der Waals surface area contributed by atoms with E-state index >= 15 is 0 Å². The molecule has 1 aliphatic heterocycles. The number of halogens is 1. The number of rotatable bonds is 4. The standard InChI is InChI=1S/C20H20BrN3O4S/c1-11-16-18(25)22-15(23-19(16)29-17(11)20(26)27-2)10-24-7-8-28-14(9-24)12-3-5-13(21)6-4-12/h3-6,14H,7-10H2,1-2H3,(H,22,23,25). The summed E-state index contributed by atoms with van der Waals surface area (Å²) < 4.78 is 11.8. The number of H-pyrrole nitrogens is 1. The van der Waals surface area contributed by atoms with Gasteiger partial charge in [-0.2, -0.15) is 0 Å². The second kappa shape index (κ2) is 8.35. The van der Waals surface area contributed by atoms with E-state index in [1.807, 2.05) is 24.3 Å². The summed E-state index contributed by atoms with van der Waals surface area (Å²) in [5.74, 6) is 0.133. The highest BCUT2D eigenvalue weighted by Gasteiger charge is 2.24. The fourth-order valence-corrected chi connectivity index (χ4v) is 4.87. The molecule has 0 radical (unpaired) electrons. The van der Waals surface area contributed by atoms with Crippen LogP contribution in [0.15, 0.2) is 33.5 Å². The Kier molecular flexibility index (Phi) is 5.82. The third-order valence-corrected chi connectivity index (χ3v) is 6.68. The van der Waals surface area contributed by atoms with Crippen LogP contribution in [0.1, 0.15) is 32.7 Å². The van der Waals surface area contributed by atoms with Gasteiger partial charge < -0.3 is 14.5 Å². The zero-order valence-corrected chi connectivity index (χ0v) is 18.4. The summed E-state index contributed by atoms with van der Waals surface area (Å²) in [7, 11) is 1.33. The molecule has 0 saturated carbocycles. The minimum absolute atomic E-state index is 0.0257. The van der Waals surface area contributed by atoms with Crippen molar-refractivity contribution in [2.24, 2.45) is 0 Å². The number of fused-ring (bicyclic) bond motifs is 1. The molecule has 152 valence electrons. The van der Waals surface area contributed by atoms with Gasteiger partial charge in [-0.25, -0.2) is 9.78 Å². The number of benzene rings is 1. The molecular weight excluding hydrogens is 458 g/mol. The number of aryl methyl sites for hydroxylation is 1. The second-order valence-electron chi connectivity index (χ2n) is 6.89. The van der Waals surface area contributed by atoms with Crippen molar-refractivity contribution in [3.05, 3.63) is 60.9 Å².